The van der Waals surface area contributed by atoms with Crippen molar-refractivity contribution < 1.29 is 4.79 Å². The Balaban J connectivity index is 1.83. The molecule has 0 spiro atoms. The molecular weight excluding hydrogens is 290 g/mol. The molecule has 6 nitrogen and oxygen atoms in total. The van der Waals surface area contributed by atoms with E-state index in [1.165, 1.54) is 6.20 Å². The summed E-state index contributed by atoms with van der Waals surface area (Å²) in [5, 5.41) is 3.29. The molecule has 0 bridgehead atoms. The van der Waals surface area contributed by atoms with Crippen molar-refractivity contribution in [3.05, 3.63) is 22.8 Å². The van der Waals surface area contributed by atoms with E-state index in [1.54, 1.807) is 6.07 Å². The Hall–Kier alpha value is -1.37. The third-order valence-electron chi connectivity index (χ3n) is 3.95. The molecule has 0 radical (unpaired) electrons. The zero-order valence-corrected chi connectivity index (χ0v) is 13.0. The first-order valence-corrected chi connectivity index (χ1v) is 7.64. The number of rotatable bonds is 5. The Labute approximate surface area is 130 Å². The van der Waals surface area contributed by atoms with Gasteiger partial charge in [-0.3, -0.25) is 4.79 Å². The number of carbonyl (C=O) groups excluding carboxylic acids is 1. The largest absolute Gasteiger partial charge is 0.352 e. The highest BCUT2D eigenvalue weighted by Gasteiger charge is 2.19. The minimum absolute atomic E-state index is 0.147. The number of amides is 1. The molecule has 0 saturated carbocycles. The Morgan fingerprint density at radius 3 is 2.81 bits per heavy atom. The van der Waals surface area contributed by atoms with Crippen LogP contribution in [0.5, 0.6) is 0 Å². The number of likely N-dealkylation sites (tertiary alicyclic amines) is 1. The number of nitrogens with two attached hydrogens (primary N) is 1. The summed E-state index contributed by atoms with van der Waals surface area (Å²) >= 11 is 5.96. The molecule has 1 aromatic rings. The summed E-state index contributed by atoms with van der Waals surface area (Å²) in [6, 6.07) is 1.57. The summed E-state index contributed by atoms with van der Waals surface area (Å²) in [6.45, 7) is 6.21. The van der Waals surface area contributed by atoms with Crippen molar-refractivity contribution in [1.82, 2.24) is 15.2 Å². The number of piperidine rings is 1. The molecule has 0 aromatic carbocycles. The van der Waals surface area contributed by atoms with Crippen molar-refractivity contribution in [2.45, 2.75) is 19.8 Å². The standard InChI is InChI=1S/C14H22ClN5O/c1-2-20-5-3-10(4-6-20)8-18-14(21)11-7-12(15)13(19-16)17-9-11/h7,9-10H,2-6,8,16H2,1H3,(H,17,19)(H,18,21). The summed E-state index contributed by atoms with van der Waals surface area (Å²) in [6.07, 6.45) is 3.72. The van der Waals surface area contributed by atoms with Gasteiger partial charge in [0.25, 0.3) is 5.91 Å². The Morgan fingerprint density at radius 2 is 2.24 bits per heavy atom. The molecule has 2 heterocycles. The van der Waals surface area contributed by atoms with E-state index in [2.05, 4.69) is 27.6 Å². The average Bonchev–Trinajstić information content (AvgIpc) is 2.53. The number of nitrogen functional groups attached to an aromatic ring is 1. The van der Waals surface area contributed by atoms with Gasteiger partial charge in [0, 0.05) is 12.7 Å². The maximum absolute atomic E-state index is 12.1. The lowest BCUT2D eigenvalue weighted by molar-refractivity contribution is 0.0936. The van der Waals surface area contributed by atoms with Crippen molar-refractivity contribution in [2.75, 3.05) is 31.6 Å². The van der Waals surface area contributed by atoms with Crippen LogP contribution in [-0.4, -0.2) is 42.0 Å². The number of carbonyl (C=O) groups is 1. The van der Waals surface area contributed by atoms with Gasteiger partial charge in [-0.05, 0) is 44.5 Å². The van der Waals surface area contributed by atoms with Gasteiger partial charge in [-0.2, -0.15) is 0 Å². The van der Waals surface area contributed by atoms with E-state index in [0.717, 1.165) is 32.5 Å². The fraction of sp³-hybridized carbons (Fsp3) is 0.571. The molecule has 1 fully saturated rings. The van der Waals surface area contributed by atoms with E-state index in [-0.39, 0.29) is 5.91 Å². The molecule has 1 saturated heterocycles. The third-order valence-corrected chi connectivity index (χ3v) is 4.23. The number of hydrogen-bond acceptors (Lipinski definition) is 5. The molecule has 21 heavy (non-hydrogen) atoms. The van der Waals surface area contributed by atoms with Crippen LogP contribution < -0.4 is 16.6 Å². The lowest BCUT2D eigenvalue weighted by atomic mass is 9.97. The van der Waals surface area contributed by atoms with Crippen molar-refractivity contribution >= 4 is 23.3 Å². The number of hydrogen-bond donors (Lipinski definition) is 3. The predicted octanol–water partition coefficient (Wildman–Crippen LogP) is 1.48. The number of aromatic nitrogens is 1. The fourth-order valence-electron chi connectivity index (χ4n) is 2.51. The number of anilines is 1. The number of nitrogens with zero attached hydrogens (tertiary/aromatic N) is 2. The van der Waals surface area contributed by atoms with Gasteiger partial charge in [0.2, 0.25) is 0 Å². The number of pyridine rings is 1. The SMILES string of the molecule is CCN1CCC(CNC(=O)c2cnc(NN)c(Cl)c2)CC1. The van der Waals surface area contributed by atoms with Gasteiger partial charge in [0.15, 0.2) is 5.82 Å². The van der Waals surface area contributed by atoms with Gasteiger partial charge in [-0.25, -0.2) is 10.8 Å². The molecule has 1 amide bonds. The summed E-state index contributed by atoms with van der Waals surface area (Å²) in [7, 11) is 0. The normalized spacial score (nSPS) is 16.7. The topological polar surface area (TPSA) is 83.3 Å². The molecule has 0 unspecified atom stereocenters. The summed E-state index contributed by atoms with van der Waals surface area (Å²) < 4.78 is 0. The quantitative estimate of drug-likeness (QED) is 0.567. The van der Waals surface area contributed by atoms with Crippen LogP contribution in [0.4, 0.5) is 5.82 Å². The zero-order valence-electron chi connectivity index (χ0n) is 12.2. The smallest absolute Gasteiger partial charge is 0.252 e. The second kappa shape index (κ2) is 7.59. The fourth-order valence-corrected chi connectivity index (χ4v) is 2.74. The highest BCUT2D eigenvalue weighted by molar-refractivity contribution is 6.33. The van der Waals surface area contributed by atoms with Crippen LogP contribution >= 0.6 is 11.6 Å². The van der Waals surface area contributed by atoms with Gasteiger partial charge in [0.05, 0.1) is 10.6 Å². The van der Waals surface area contributed by atoms with Crippen molar-refractivity contribution in [3.63, 3.8) is 0 Å². The average molecular weight is 312 g/mol. The maximum Gasteiger partial charge on any atom is 0.252 e. The van der Waals surface area contributed by atoms with Gasteiger partial charge in [-0.15, -0.1) is 0 Å². The molecule has 1 aliphatic rings. The minimum Gasteiger partial charge on any atom is -0.352 e. The Kier molecular flexibility index (Phi) is 5.78. The first-order valence-electron chi connectivity index (χ1n) is 7.26. The third kappa shape index (κ3) is 4.30. The summed E-state index contributed by atoms with van der Waals surface area (Å²) in [4.78, 5) is 18.5. The van der Waals surface area contributed by atoms with E-state index < -0.39 is 0 Å². The van der Waals surface area contributed by atoms with E-state index in [1.807, 2.05) is 0 Å². The summed E-state index contributed by atoms with van der Waals surface area (Å²) in [5.41, 5.74) is 2.82. The molecule has 116 valence electrons. The molecule has 4 N–H and O–H groups in total. The maximum atomic E-state index is 12.1. The predicted molar refractivity (Wildman–Crippen MR) is 84.2 cm³/mol. The van der Waals surface area contributed by atoms with Crippen molar-refractivity contribution in [2.24, 2.45) is 11.8 Å². The highest BCUT2D eigenvalue weighted by atomic mass is 35.5. The zero-order chi connectivity index (χ0) is 15.2. The van der Waals surface area contributed by atoms with Gasteiger partial charge >= 0.3 is 0 Å². The van der Waals surface area contributed by atoms with Crippen LogP contribution in [0.25, 0.3) is 0 Å². The van der Waals surface area contributed by atoms with Crippen LogP contribution in [-0.2, 0) is 0 Å². The van der Waals surface area contributed by atoms with Crippen molar-refractivity contribution in [3.8, 4) is 0 Å². The van der Waals surface area contributed by atoms with E-state index in [0.29, 0.717) is 28.9 Å². The number of halogens is 1. The van der Waals surface area contributed by atoms with E-state index >= 15 is 0 Å². The lowest BCUT2D eigenvalue weighted by Crippen LogP contribution is -2.38. The highest BCUT2D eigenvalue weighted by Crippen LogP contribution is 2.19. The lowest BCUT2D eigenvalue weighted by Gasteiger charge is -2.31. The molecule has 0 aliphatic carbocycles. The van der Waals surface area contributed by atoms with Crippen LogP contribution in [0, 0.1) is 5.92 Å². The van der Waals surface area contributed by atoms with E-state index in [4.69, 9.17) is 17.4 Å². The number of nitrogens with one attached hydrogen (secondary N) is 2. The van der Waals surface area contributed by atoms with Crippen LogP contribution in [0.2, 0.25) is 5.02 Å². The monoisotopic (exact) mass is 311 g/mol. The summed E-state index contributed by atoms with van der Waals surface area (Å²) in [5.74, 6) is 6.01. The molecule has 2 rings (SSSR count). The molecule has 0 atom stereocenters. The second-order valence-corrected chi connectivity index (χ2v) is 5.69. The van der Waals surface area contributed by atoms with Gasteiger partial charge in [0.1, 0.15) is 0 Å². The van der Waals surface area contributed by atoms with Crippen LogP contribution in [0.3, 0.4) is 0 Å². The first kappa shape index (κ1) is 16.0. The van der Waals surface area contributed by atoms with Crippen LogP contribution in [0.1, 0.15) is 30.1 Å². The Morgan fingerprint density at radius 1 is 1.52 bits per heavy atom. The number of hydrazine groups is 1. The Bertz CT molecular complexity index is 488. The molecular formula is C14H22ClN5O. The van der Waals surface area contributed by atoms with Gasteiger partial charge < -0.3 is 15.6 Å². The molecule has 1 aromatic heterocycles. The van der Waals surface area contributed by atoms with Crippen LogP contribution in [0.15, 0.2) is 12.3 Å². The first-order chi connectivity index (χ1) is 10.1. The molecule has 7 heteroatoms. The minimum atomic E-state index is -0.147. The van der Waals surface area contributed by atoms with Gasteiger partial charge in [-0.1, -0.05) is 18.5 Å². The second-order valence-electron chi connectivity index (χ2n) is 5.29. The molecule has 1 aliphatic heterocycles. The van der Waals surface area contributed by atoms with E-state index in [9.17, 15) is 4.79 Å². The van der Waals surface area contributed by atoms with Crippen molar-refractivity contribution in [1.29, 1.82) is 0 Å².